The fraction of sp³-hybridized carbons (Fsp3) is 0.483. The number of carbonyl (C=O) groups is 3. The zero-order valence-electron chi connectivity index (χ0n) is 21.9. The molecule has 1 aliphatic carbocycles. The highest BCUT2D eigenvalue weighted by Crippen LogP contribution is 2.33. The lowest BCUT2D eigenvalue weighted by atomic mass is 9.80. The number of carbonyl (C=O) groups excluding carboxylic acids is 3. The summed E-state index contributed by atoms with van der Waals surface area (Å²) in [5.74, 6) is 1.16. The van der Waals surface area contributed by atoms with E-state index in [1.54, 1.807) is 36.4 Å². The molecule has 0 spiro atoms. The van der Waals surface area contributed by atoms with Crippen molar-refractivity contribution in [3.8, 4) is 5.75 Å². The Morgan fingerprint density at radius 3 is 2.33 bits per heavy atom. The van der Waals surface area contributed by atoms with Gasteiger partial charge in [-0.25, -0.2) is 0 Å². The summed E-state index contributed by atoms with van der Waals surface area (Å²) in [6.45, 7) is 8.07. The van der Waals surface area contributed by atoms with Crippen LogP contribution in [0.2, 0.25) is 5.02 Å². The maximum atomic E-state index is 13.1. The number of nitrogens with one attached hydrogen (secondary N) is 2. The maximum Gasteiger partial charge on any atom is 0.257 e. The van der Waals surface area contributed by atoms with Crippen molar-refractivity contribution >= 4 is 34.9 Å². The molecule has 2 N–H and O–H groups in total. The van der Waals surface area contributed by atoms with Gasteiger partial charge in [-0.05, 0) is 60.6 Å². The van der Waals surface area contributed by atoms with Gasteiger partial charge in [-0.2, -0.15) is 0 Å². The van der Waals surface area contributed by atoms with Gasteiger partial charge in [-0.1, -0.05) is 58.2 Å². The standard InChI is InChI=1S/C29H37ClN2O4/c1-18-6-8-19(9-7-18)15-25(33)23-16-21(11-13-26(23)36-5)32-27(34)22-14-20(10-12-24(22)30)17-31-28(35)29(2,3)4/h10-14,16,18-19H,6-9,15,17H2,1-5H3,(H,31,35)(H,32,34). The van der Waals surface area contributed by atoms with Gasteiger partial charge in [0.05, 0.1) is 23.3 Å². The molecule has 0 saturated heterocycles. The van der Waals surface area contributed by atoms with Crippen LogP contribution in [-0.4, -0.2) is 24.7 Å². The first-order chi connectivity index (χ1) is 17.0. The summed E-state index contributed by atoms with van der Waals surface area (Å²) >= 11 is 6.32. The minimum absolute atomic E-state index is 0.0251. The average molecular weight is 513 g/mol. The van der Waals surface area contributed by atoms with E-state index in [1.165, 1.54) is 7.11 Å². The second-order valence-electron chi connectivity index (χ2n) is 10.9. The number of amides is 2. The van der Waals surface area contributed by atoms with Gasteiger partial charge >= 0.3 is 0 Å². The Bertz CT molecular complexity index is 1110. The van der Waals surface area contributed by atoms with Gasteiger partial charge < -0.3 is 15.4 Å². The first-order valence-corrected chi connectivity index (χ1v) is 12.9. The van der Waals surface area contributed by atoms with Crippen LogP contribution < -0.4 is 15.4 Å². The zero-order chi connectivity index (χ0) is 26.5. The van der Waals surface area contributed by atoms with E-state index in [0.717, 1.165) is 37.2 Å². The first kappa shape index (κ1) is 27.7. The molecule has 0 heterocycles. The van der Waals surface area contributed by atoms with Crippen LogP contribution in [0.3, 0.4) is 0 Å². The lowest BCUT2D eigenvalue weighted by Crippen LogP contribution is -2.34. The highest BCUT2D eigenvalue weighted by molar-refractivity contribution is 6.34. The van der Waals surface area contributed by atoms with Crippen molar-refractivity contribution in [2.24, 2.45) is 17.3 Å². The van der Waals surface area contributed by atoms with Gasteiger partial charge in [0.15, 0.2) is 5.78 Å². The summed E-state index contributed by atoms with van der Waals surface area (Å²) in [5, 5.41) is 6.03. The second kappa shape index (κ2) is 11.9. The SMILES string of the molecule is COc1ccc(NC(=O)c2cc(CNC(=O)C(C)(C)C)ccc2Cl)cc1C(=O)CC1CCC(C)CC1. The third-order valence-corrected chi connectivity index (χ3v) is 7.11. The van der Waals surface area contributed by atoms with Crippen LogP contribution in [0.25, 0.3) is 0 Å². The molecule has 2 amide bonds. The smallest absolute Gasteiger partial charge is 0.257 e. The first-order valence-electron chi connectivity index (χ1n) is 12.6. The molecule has 0 aliphatic heterocycles. The van der Waals surface area contributed by atoms with Crippen LogP contribution in [0.5, 0.6) is 5.75 Å². The number of rotatable bonds is 8. The van der Waals surface area contributed by atoms with Gasteiger partial charge in [0.25, 0.3) is 5.91 Å². The summed E-state index contributed by atoms with van der Waals surface area (Å²) in [4.78, 5) is 38.4. The number of anilines is 1. The monoisotopic (exact) mass is 512 g/mol. The molecule has 0 unspecified atom stereocenters. The fourth-order valence-electron chi connectivity index (χ4n) is 4.41. The van der Waals surface area contributed by atoms with Crippen LogP contribution in [0.4, 0.5) is 5.69 Å². The zero-order valence-corrected chi connectivity index (χ0v) is 22.6. The van der Waals surface area contributed by atoms with Crippen molar-refractivity contribution in [1.82, 2.24) is 5.32 Å². The minimum atomic E-state index is -0.508. The molecule has 6 nitrogen and oxygen atoms in total. The molecule has 1 aliphatic rings. The van der Waals surface area contributed by atoms with Crippen LogP contribution >= 0.6 is 11.6 Å². The van der Waals surface area contributed by atoms with Crippen molar-refractivity contribution in [2.75, 3.05) is 12.4 Å². The van der Waals surface area contributed by atoms with Gasteiger partial charge in [-0.15, -0.1) is 0 Å². The molecule has 0 bridgehead atoms. The average Bonchev–Trinajstić information content (AvgIpc) is 2.84. The molecule has 194 valence electrons. The van der Waals surface area contributed by atoms with E-state index in [-0.39, 0.29) is 18.2 Å². The Kier molecular flexibility index (Phi) is 9.18. The molecule has 36 heavy (non-hydrogen) atoms. The molecule has 0 atom stereocenters. The Labute approximate surface area is 219 Å². The molecule has 0 aromatic heterocycles. The van der Waals surface area contributed by atoms with E-state index in [4.69, 9.17) is 16.3 Å². The topological polar surface area (TPSA) is 84.5 Å². The molecular formula is C29H37ClN2O4. The van der Waals surface area contributed by atoms with E-state index >= 15 is 0 Å². The normalized spacial score (nSPS) is 17.8. The molecule has 1 saturated carbocycles. The molecule has 7 heteroatoms. The predicted molar refractivity (Wildman–Crippen MR) is 144 cm³/mol. The fourth-order valence-corrected chi connectivity index (χ4v) is 4.61. The second-order valence-corrected chi connectivity index (χ2v) is 11.3. The lowest BCUT2D eigenvalue weighted by molar-refractivity contribution is -0.128. The summed E-state index contributed by atoms with van der Waals surface area (Å²) < 4.78 is 5.43. The predicted octanol–water partition coefficient (Wildman–Crippen LogP) is 6.66. The quantitative estimate of drug-likeness (QED) is 0.387. The van der Waals surface area contributed by atoms with Crippen molar-refractivity contribution in [3.05, 3.63) is 58.1 Å². The van der Waals surface area contributed by atoms with Gasteiger partial charge in [0.2, 0.25) is 5.91 Å². The molecule has 0 radical (unpaired) electrons. The minimum Gasteiger partial charge on any atom is -0.496 e. The number of ether oxygens (including phenoxy) is 1. The third kappa shape index (κ3) is 7.33. The highest BCUT2D eigenvalue weighted by Gasteiger charge is 2.24. The third-order valence-electron chi connectivity index (χ3n) is 6.78. The Balaban J connectivity index is 1.73. The van der Waals surface area contributed by atoms with Gasteiger partial charge in [0, 0.05) is 24.1 Å². The van der Waals surface area contributed by atoms with Gasteiger partial charge in [0.1, 0.15) is 5.75 Å². The number of hydrogen-bond donors (Lipinski definition) is 2. The summed E-state index contributed by atoms with van der Waals surface area (Å²) in [6, 6.07) is 10.2. The van der Waals surface area contributed by atoms with E-state index in [2.05, 4.69) is 17.6 Å². The Morgan fingerprint density at radius 2 is 1.69 bits per heavy atom. The lowest BCUT2D eigenvalue weighted by Gasteiger charge is -2.25. The number of benzene rings is 2. The van der Waals surface area contributed by atoms with Crippen LogP contribution in [0.1, 0.15) is 86.1 Å². The van der Waals surface area contributed by atoms with Crippen molar-refractivity contribution < 1.29 is 19.1 Å². The van der Waals surface area contributed by atoms with Crippen molar-refractivity contribution in [2.45, 2.75) is 66.3 Å². The number of hydrogen-bond acceptors (Lipinski definition) is 4. The van der Waals surface area contributed by atoms with E-state index in [1.807, 2.05) is 20.8 Å². The van der Waals surface area contributed by atoms with E-state index in [9.17, 15) is 14.4 Å². The van der Waals surface area contributed by atoms with Crippen molar-refractivity contribution in [3.63, 3.8) is 0 Å². The Hall–Kier alpha value is -2.86. The van der Waals surface area contributed by atoms with E-state index in [0.29, 0.717) is 39.9 Å². The largest absolute Gasteiger partial charge is 0.496 e. The Morgan fingerprint density at radius 1 is 1.00 bits per heavy atom. The van der Waals surface area contributed by atoms with Gasteiger partial charge in [-0.3, -0.25) is 14.4 Å². The molecular weight excluding hydrogens is 476 g/mol. The molecule has 3 rings (SSSR count). The summed E-state index contributed by atoms with van der Waals surface area (Å²) in [6.07, 6.45) is 4.93. The number of ketones is 1. The molecule has 2 aromatic carbocycles. The summed E-state index contributed by atoms with van der Waals surface area (Å²) in [7, 11) is 1.54. The summed E-state index contributed by atoms with van der Waals surface area (Å²) in [5.41, 5.74) is 1.50. The van der Waals surface area contributed by atoms with Crippen molar-refractivity contribution in [1.29, 1.82) is 0 Å². The van der Waals surface area contributed by atoms with Crippen LogP contribution in [0, 0.1) is 17.3 Å². The van der Waals surface area contributed by atoms with Crippen LogP contribution in [0.15, 0.2) is 36.4 Å². The van der Waals surface area contributed by atoms with E-state index < -0.39 is 11.3 Å². The highest BCUT2D eigenvalue weighted by atomic mass is 35.5. The number of halogens is 1. The molecule has 2 aromatic rings. The molecule has 1 fully saturated rings. The maximum absolute atomic E-state index is 13.1. The number of Topliss-reactive ketones (excluding diaryl/α,β-unsaturated/α-hetero) is 1. The van der Waals surface area contributed by atoms with Crippen LogP contribution in [-0.2, 0) is 11.3 Å². The number of methoxy groups -OCH3 is 1.